The lowest BCUT2D eigenvalue weighted by Crippen LogP contribution is -2.48. The average molecular weight is 464 g/mol. The monoisotopic (exact) mass is 463 g/mol. The Bertz CT molecular complexity index is 1040. The fourth-order valence-electron chi connectivity index (χ4n) is 7.12. The molecular formula is C28H33NO5. The number of esters is 1. The van der Waals surface area contributed by atoms with Gasteiger partial charge in [0, 0.05) is 6.42 Å². The van der Waals surface area contributed by atoms with Crippen LogP contribution >= 0.6 is 0 Å². The van der Waals surface area contributed by atoms with Crippen LogP contribution in [0.4, 0.5) is 0 Å². The van der Waals surface area contributed by atoms with Gasteiger partial charge in [-0.1, -0.05) is 18.2 Å². The number of hydrogen-bond donors (Lipinski definition) is 2. The summed E-state index contributed by atoms with van der Waals surface area (Å²) in [7, 11) is 2.87. The van der Waals surface area contributed by atoms with E-state index < -0.39 is 12.0 Å². The molecule has 0 spiro atoms. The highest BCUT2D eigenvalue weighted by molar-refractivity contribution is 5.99. The Morgan fingerprint density at radius 2 is 1.62 bits per heavy atom. The molecule has 6 heteroatoms. The van der Waals surface area contributed by atoms with Gasteiger partial charge in [0.2, 0.25) is 0 Å². The molecule has 4 aliphatic rings. The minimum absolute atomic E-state index is 0.147. The Labute approximate surface area is 200 Å². The van der Waals surface area contributed by atoms with Crippen LogP contribution in [0.1, 0.15) is 60.0 Å². The Balaban J connectivity index is 1.41. The first-order valence-electron chi connectivity index (χ1n) is 12.2. The molecule has 4 aliphatic carbocycles. The summed E-state index contributed by atoms with van der Waals surface area (Å²) in [4.78, 5) is 25.9. The lowest BCUT2D eigenvalue weighted by molar-refractivity contribution is -0.142. The standard InChI is InChI=1S/C28H33NO5/c1-33-25-8-5-21(28-14-18-9-19(15-28)11-20(10-18)16-28)13-23(25)26(31)29-24(27(32)34-2)12-17-3-6-22(30)7-4-17/h3-8,13,18-20,24,30H,9-12,14-16H2,1-2H3,(H,29,31)/t18?,19?,20?,24-,28?/m1/s1. The minimum atomic E-state index is -0.852. The Kier molecular flexibility index (Phi) is 6.00. The van der Waals surface area contributed by atoms with Crippen LogP contribution in [0, 0.1) is 17.8 Å². The molecule has 0 saturated heterocycles. The predicted octanol–water partition coefficient (Wildman–Crippen LogP) is 4.38. The highest BCUT2D eigenvalue weighted by atomic mass is 16.5. The van der Waals surface area contributed by atoms with Gasteiger partial charge in [-0.25, -0.2) is 4.79 Å². The Morgan fingerprint density at radius 3 is 2.18 bits per heavy atom. The van der Waals surface area contributed by atoms with Gasteiger partial charge >= 0.3 is 5.97 Å². The maximum absolute atomic E-state index is 13.4. The van der Waals surface area contributed by atoms with Crippen molar-refractivity contribution in [2.24, 2.45) is 17.8 Å². The van der Waals surface area contributed by atoms with E-state index >= 15 is 0 Å². The molecule has 0 unspecified atom stereocenters. The van der Waals surface area contributed by atoms with Gasteiger partial charge in [-0.15, -0.1) is 0 Å². The minimum Gasteiger partial charge on any atom is -0.508 e. The molecule has 1 atom stereocenters. The number of benzene rings is 2. The topological polar surface area (TPSA) is 84.9 Å². The Hall–Kier alpha value is -3.02. The predicted molar refractivity (Wildman–Crippen MR) is 128 cm³/mol. The van der Waals surface area contributed by atoms with Crippen LogP contribution in [-0.2, 0) is 21.4 Å². The molecule has 1 amide bonds. The summed E-state index contributed by atoms with van der Waals surface area (Å²) in [5.74, 6) is 2.20. The van der Waals surface area contributed by atoms with Gasteiger partial charge < -0.3 is 19.9 Å². The number of aromatic hydroxyl groups is 1. The third-order valence-corrected chi connectivity index (χ3v) is 8.26. The van der Waals surface area contributed by atoms with E-state index in [1.807, 2.05) is 12.1 Å². The molecule has 2 aromatic rings. The van der Waals surface area contributed by atoms with Crippen molar-refractivity contribution in [2.45, 2.75) is 56.4 Å². The number of hydrogen-bond acceptors (Lipinski definition) is 5. The first kappa shape index (κ1) is 22.8. The van der Waals surface area contributed by atoms with E-state index in [9.17, 15) is 14.7 Å². The van der Waals surface area contributed by atoms with Crippen molar-refractivity contribution in [2.75, 3.05) is 14.2 Å². The highest BCUT2D eigenvalue weighted by Gasteiger charge is 2.51. The zero-order valence-electron chi connectivity index (χ0n) is 19.9. The number of rotatable bonds is 7. The highest BCUT2D eigenvalue weighted by Crippen LogP contribution is 2.60. The van der Waals surface area contributed by atoms with E-state index in [4.69, 9.17) is 9.47 Å². The molecule has 0 heterocycles. The second-order valence-electron chi connectivity index (χ2n) is 10.5. The van der Waals surface area contributed by atoms with E-state index in [1.54, 1.807) is 31.4 Å². The fourth-order valence-corrected chi connectivity index (χ4v) is 7.12. The Morgan fingerprint density at radius 1 is 1.00 bits per heavy atom. The van der Waals surface area contributed by atoms with E-state index in [0.717, 1.165) is 23.3 Å². The summed E-state index contributed by atoms with van der Waals surface area (Å²) in [6, 6.07) is 11.8. The van der Waals surface area contributed by atoms with Crippen LogP contribution in [-0.4, -0.2) is 37.2 Å². The van der Waals surface area contributed by atoms with Crippen LogP contribution in [0.2, 0.25) is 0 Å². The van der Waals surface area contributed by atoms with Crippen molar-refractivity contribution < 1.29 is 24.2 Å². The first-order valence-corrected chi connectivity index (χ1v) is 12.2. The van der Waals surface area contributed by atoms with Crippen LogP contribution in [0.15, 0.2) is 42.5 Å². The van der Waals surface area contributed by atoms with Crippen LogP contribution in [0.5, 0.6) is 11.5 Å². The summed E-state index contributed by atoms with van der Waals surface area (Å²) < 4.78 is 10.5. The van der Waals surface area contributed by atoms with Gasteiger partial charge in [0.15, 0.2) is 0 Å². The van der Waals surface area contributed by atoms with Crippen molar-refractivity contribution in [1.29, 1.82) is 0 Å². The lowest BCUT2D eigenvalue weighted by atomic mass is 9.48. The van der Waals surface area contributed by atoms with Crippen molar-refractivity contribution in [3.05, 3.63) is 59.2 Å². The van der Waals surface area contributed by atoms with Gasteiger partial charge in [0.05, 0.1) is 19.8 Å². The fraction of sp³-hybridized carbons (Fsp3) is 0.500. The van der Waals surface area contributed by atoms with Gasteiger partial charge in [-0.05, 0) is 97.1 Å². The molecule has 6 rings (SSSR count). The van der Waals surface area contributed by atoms with E-state index in [-0.39, 0.29) is 23.5 Å². The molecule has 4 bridgehead atoms. The van der Waals surface area contributed by atoms with Gasteiger partial charge in [-0.3, -0.25) is 4.79 Å². The number of ether oxygens (including phenoxy) is 2. The van der Waals surface area contributed by atoms with Crippen molar-refractivity contribution in [3.63, 3.8) is 0 Å². The van der Waals surface area contributed by atoms with Crippen molar-refractivity contribution in [1.82, 2.24) is 5.32 Å². The average Bonchev–Trinajstić information content (AvgIpc) is 2.83. The van der Waals surface area contributed by atoms with Gasteiger partial charge in [0.1, 0.15) is 17.5 Å². The second kappa shape index (κ2) is 8.97. The largest absolute Gasteiger partial charge is 0.508 e. The first-order chi connectivity index (χ1) is 16.4. The number of nitrogens with one attached hydrogen (secondary N) is 1. The number of amides is 1. The normalized spacial score (nSPS) is 27.8. The number of carbonyl (C=O) groups excluding carboxylic acids is 2. The van der Waals surface area contributed by atoms with E-state index in [2.05, 4.69) is 11.4 Å². The number of phenolic OH excluding ortho intramolecular Hbond substituents is 1. The molecule has 2 aromatic carbocycles. The third-order valence-electron chi connectivity index (χ3n) is 8.26. The van der Waals surface area contributed by atoms with E-state index in [0.29, 0.717) is 11.3 Å². The molecule has 2 N–H and O–H groups in total. The summed E-state index contributed by atoms with van der Waals surface area (Å²) >= 11 is 0. The number of methoxy groups -OCH3 is 2. The van der Waals surface area contributed by atoms with Crippen molar-refractivity contribution >= 4 is 11.9 Å². The zero-order valence-corrected chi connectivity index (χ0v) is 19.9. The summed E-state index contributed by atoms with van der Waals surface area (Å²) in [6.07, 6.45) is 7.96. The van der Waals surface area contributed by atoms with Crippen LogP contribution < -0.4 is 10.1 Å². The number of phenols is 1. The zero-order chi connectivity index (χ0) is 23.9. The summed E-state index contributed by atoms with van der Waals surface area (Å²) in [5.41, 5.74) is 2.65. The van der Waals surface area contributed by atoms with E-state index in [1.165, 1.54) is 51.2 Å². The summed E-state index contributed by atoms with van der Waals surface area (Å²) in [5, 5.41) is 12.4. The molecule has 6 nitrogen and oxygen atoms in total. The quantitative estimate of drug-likeness (QED) is 0.595. The molecule has 4 saturated carbocycles. The molecule has 0 aromatic heterocycles. The molecule has 0 radical (unpaired) electrons. The van der Waals surface area contributed by atoms with Crippen LogP contribution in [0.25, 0.3) is 0 Å². The molecule has 4 fully saturated rings. The maximum atomic E-state index is 13.4. The van der Waals surface area contributed by atoms with Crippen molar-refractivity contribution in [3.8, 4) is 11.5 Å². The van der Waals surface area contributed by atoms with Gasteiger partial charge in [0.25, 0.3) is 5.91 Å². The molecule has 0 aliphatic heterocycles. The molecule has 180 valence electrons. The second-order valence-corrected chi connectivity index (χ2v) is 10.5. The maximum Gasteiger partial charge on any atom is 0.328 e. The number of carbonyl (C=O) groups is 2. The summed E-state index contributed by atoms with van der Waals surface area (Å²) in [6.45, 7) is 0. The SMILES string of the molecule is COC(=O)[C@@H](Cc1ccc(O)cc1)NC(=O)c1cc(C23CC4CC(CC(C4)C2)C3)ccc1OC. The molecular weight excluding hydrogens is 430 g/mol. The van der Waals surface area contributed by atoms with Crippen LogP contribution in [0.3, 0.4) is 0 Å². The smallest absolute Gasteiger partial charge is 0.328 e. The lowest BCUT2D eigenvalue weighted by Gasteiger charge is -2.57. The molecule has 34 heavy (non-hydrogen) atoms. The van der Waals surface area contributed by atoms with Gasteiger partial charge in [-0.2, -0.15) is 0 Å². The third kappa shape index (κ3) is 4.26.